The number of nitrogens with zero attached hydrogens (tertiary/aromatic N) is 2. The van der Waals surface area contributed by atoms with Crippen LogP contribution in [0.15, 0.2) is 6.20 Å². The molecule has 0 unspecified atom stereocenters. The van der Waals surface area contributed by atoms with Crippen molar-refractivity contribution in [3.05, 3.63) is 22.9 Å². The first kappa shape index (κ1) is 13.2. The number of hydrogen-bond acceptors (Lipinski definition) is 3. The average Bonchev–Trinajstić information content (AvgIpc) is 2.21. The van der Waals surface area contributed by atoms with Crippen LogP contribution in [0.5, 0.6) is 5.88 Å². The predicted molar refractivity (Wildman–Crippen MR) is 49.8 cm³/mol. The van der Waals surface area contributed by atoms with Crippen LogP contribution >= 0.6 is 0 Å². The summed E-state index contributed by atoms with van der Waals surface area (Å²) >= 11 is 0. The molecule has 0 bridgehead atoms. The maximum absolute atomic E-state index is 12.7. The van der Waals surface area contributed by atoms with E-state index in [-0.39, 0.29) is 17.5 Å². The highest BCUT2D eigenvalue weighted by Crippen LogP contribution is 2.29. The van der Waals surface area contributed by atoms with Gasteiger partial charge in [-0.2, -0.15) is 5.26 Å². The van der Waals surface area contributed by atoms with Crippen LogP contribution in [0.1, 0.15) is 16.7 Å². The van der Waals surface area contributed by atoms with Gasteiger partial charge in [0.1, 0.15) is 6.67 Å². The largest absolute Gasteiger partial charge is 0.574 e. The summed E-state index contributed by atoms with van der Waals surface area (Å²) in [5.74, 6) is -0.837. The van der Waals surface area contributed by atoms with Gasteiger partial charge in [0.05, 0.1) is 12.5 Å². The number of alkyl halides is 4. The summed E-state index contributed by atoms with van der Waals surface area (Å²) < 4.78 is 52.4. The van der Waals surface area contributed by atoms with Gasteiger partial charge in [-0.25, -0.2) is 9.37 Å². The van der Waals surface area contributed by atoms with Gasteiger partial charge < -0.3 is 4.74 Å². The molecule has 0 radical (unpaired) electrons. The molecule has 0 spiro atoms. The number of halogens is 4. The quantitative estimate of drug-likeness (QED) is 0.772. The van der Waals surface area contributed by atoms with Gasteiger partial charge in [0, 0.05) is 11.8 Å². The maximum Gasteiger partial charge on any atom is 0.574 e. The molecule has 1 aromatic rings. The Balaban J connectivity index is 3.24. The Labute approximate surface area is 94.6 Å². The molecule has 92 valence electrons. The molecule has 1 aromatic heterocycles. The summed E-state index contributed by atoms with van der Waals surface area (Å²) in [6.45, 7) is 0.368. The van der Waals surface area contributed by atoms with Crippen molar-refractivity contribution < 1.29 is 22.3 Å². The molecule has 17 heavy (non-hydrogen) atoms. The van der Waals surface area contributed by atoms with Crippen molar-refractivity contribution >= 4 is 0 Å². The zero-order valence-electron chi connectivity index (χ0n) is 8.81. The Hall–Kier alpha value is -1.84. The molecule has 0 aliphatic rings. The molecule has 0 N–H and O–H groups in total. The SMILES string of the molecule is Cc1cnc(OC(F)(F)F)c(CF)c1CC#N. The fourth-order valence-electron chi connectivity index (χ4n) is 1.34. The number of pyridine rings is 1. The Kier molecular flexibility index (Phi) is 3.89. The van der Waals surface area contributed by atoms with Crippen LogP contribution in [-0.4, -0.2) is 11.3 Å². The fraction of sp³-hybridized carbons (Fsp3) is 0.400. The zero-order valence-corrected chi connectivity index (χ0v) is 8.81. The van der Waals surface area contributed by atoms with Crippen molar-refractivity contribution in [2.75, 3.05) is 0 Å². The van der Waals surface area contributed by atoms with Crippen LogP contribution in [-0.2, 0) is 13.1 Å². The van der Waals surface area contributed by atoms with E-state index in [1.807, 2.05) is 0 Å². The van der Waals surface area contributed by atoms with Gasteiger partial charge in [0.25, 0.3) is 0 Å². The van der Waals surface area contributed by atoms with Crippen LogP contribution in [0.4, 0.5) is 17.6 Å². The fourth-order valence-corrected chi connectivity index (χ4v) is 1.34. The van der Waals surface area contributed by atoms with E-state index >= 15 is 0 Å². The molecule has 0 saturated heterocycles. The highest BCUT2D eigenvalue weighted by atomic mass is 19.4. The van der Waals surface area contributed by atoms with E-state index in [1.165, 1.54) is 6.92 Å². The van der Waals surface area contributed by atoms with Gasteiger partial charge >= 0.3 is 6.36 Å². The first-order chi connectivity index (χ1) is 7.89. The second-order valence-corrected chi connectivity index (χ2v) is 3.22. The van der Waals surface area contributed by atoms with Crippen LogP contribution in [0.3, 0.4) is 0 Å². The highest BCUT2D eigenvalue weighted by molar-refractivity contribution is 5.40. The Morgan fingerprint density at radius 2 is 2.06 bits per heavy atom. The molecule has 3 nitrogen and oxygen atoms in total. The lowest BCUT2D eigenvalue weighted by Crippen LogP contribution is -2.19. The van der Waals surface area contributed by atoms with Crippen molar-refractivity contribution in [2.45, 2.75) is 26.4 Å². The van der Waals surface area contributed by atoms with Crippen LogP contribution in [0.2, 0.25) is 0 Å². The van der Waals surface area contributed by atoms with Gasteiger partial charge in [-0.05, 0) is 18.1 Å². The number of aromatic nitrogens is 1. The van der Waals surface area contributed by atoms with E-state index in [2.05, 4.69) is 9.72 Å². The minimum absolute atomic E-state index is 0.184. The van der Waals surface area contributed by atoms with Crippen molar-refractivity contribution in [1.82, 2.24) is 4.98 Å². The average molecular weight is 248 g/mol. The van der Waals surface area contributed by atoms with Crippen molar-refractivity contribution in [3.63, 3.8) is 0 Å². The lowest BCUT2D eigenvalue weighted by atomic mass is 10.0. The molecule has 0 fully saturated rings. The molecular weight excluding hydrogens is 240 g/mol. The first-order valence-corrected chi connectivity index (χ1v) is 4.55. The zero-order chi connectivity index (χ0) is 13.1. The summed E-state index contributed by atoms with van der Waals surface area (Å²) in [5.41, 5.74) is 0.307. The Morgan fingerprint density at radius 1 is 1.41 bits per heavy atom. The third kappa shape index (κ3) is 3.31. The molecule has 0 amide bonds. The standard InChI is InChI=1S/C10H8F4N2O/c1-6-5-16-9(17-10(12,13)14)8(4-11)7(6)2-3-15/h5H,2,4H2,1H3. The molecule has 0 aliphatic heterocycles. The summed E-state index contributed by atoms with van der Waals surface area (Å²) in [4.78, 5) is 3.39. The van der Waals surface area contributed by atoms with Crippen LogP contribution in [0.25, 0.3) is 0 Å². The number of hydrogen-bond donors (Lipinski definition) is 0. The normalized spacial score (nSPS) is 11.1. The van der Waals surface area contributed by atoms with E-state index in [0.717, 1.165) is 6.20 Å². The first-order valence-electron chi connectivity index (χ1n) is 4.55. The highest BCUT2D eigenvalue weighted by Gasteiger charge is 2.33. The monoisotopic (exact) mass is 248 g/mol. The number of ether oxygens (including phenoxy) is 1. The number of aryl methyl sites for hydroxylation is 1. The van der Waals surface area contributed by atoms with E-state index in [0.29, 0.717) is 5.56 Å². The molecule has 1 rings (SSSR count). The van der Waals surface area contributed by atoms with E-state index in [1.54, 1.807) is 6.07 Å². The van der Waals surface area contributed by atoms with E-state index < -0.39 is 18.9 Å². The van der Waals surface area contributed by atoms with E-state index in [9.17, 15) is 17.6 Å². The summed E-state index contributed by atoms with van der Waals surface area (Å²) in [6.07, 6.45) is -4.01. The second-order valence-electron chi connectivity index (χ2n) is 3.22. The van der Waals surface area contributed by atoms with Gasteiger partial charge in [0.2, 0.25) is 5.88 Å². The minimum atomic E-state index is -4.93. The molecular formula is C10H8F4N2O. The van der Waals surface area contributed by atoms with Crippen LogP contribution in [0, 0.1) is 18.3 Å². The van der Waals surface area contributed by atoms with E-state index in [4.69, 9.17) is 5.26 Å². The maximum atomic E-state index is 12.7. The number of rotatable bonds is 3. The second kappa shape index (κ2) is 4.99. The van der Waals surface area contributed by atoms with Crippen molar-refractivity contribution in [2.24, 2.45) is 0 Å². The minimum Gasteiger partial charge on any atom is -0.387 e. The third-order valence-electron chi connectivity index (χ3n) is 2.08. The van der Waals surface area contributed by atoms with Crippen molar-refractivity contribution in [1.29, 1.82) is 5.26 Å². The van der Waals surface area contributed by atoms with Gasteiger partial charge in [0.15, 0.2) is 0 Å². The molecule has 1 heterocycles. The number of nitriles is 1. The smallest absolute Gasteiger partial charge is 0.387 e. The van der Waals surface area contributed by atoms with Crippen LogP contribution < -0.4 is 4.74 Å². The summed E-state index contributed by atoms with van der Waals surface area (Å²) in [7, 11) is 0. The third-order valence-corrected chi connectivity index (χ3v) is 2.08. The molecule has 0 aliphatic carbocycles. The molecule has 0 saturated carbocycles. The predicted octanol–water partition coefficient (Wildman–Crippen LogP) is 2.82. The van der Waals surface area contributed by atoms with Crippen molar-refractivity contribution in [3.8, 4) is 11.9 Å². The van der Waals surface area contributed by atoms with Gasteiger partial charge in [-0.15, -0.1) is 13.2 Å². The topological polar surface area (TPSA) is 45.9 Å². The molecule has 0 atom stereocenters. The van der Waals surface area contributed by atoms with Gasteiger partial charge in [-0.1, -0.05) is 0 Å². The summed E-state index contributed by atoms with van der Waals surface area (Å²) in [5, 5.41) is 8.53. The molecule has 7 heteroatoms. The Morgan fingerprint density at radius 3 is 2.53 bits per heavy atom. The lowest BCUT2D eigenvalue weighted by molar-refractivity contribution is -0.276. The Bertz CT molecular complexity index is 451. The molecule has 0 aromatic carbocycles. The summed E-state index contributed by atoms with van der Waals surface area (Å²) in [6, 6.07) is 1.76. The lowest BCUT2D eigenvalue weighted by Gasteiger charge is -2.14. The van der Waals surface area contributed by atoms with Gasteiger partial charge in [-0.3, -0.25) is 0 Å².